The van der Waals surface area contributed by atoms with E-state index in [1.54, 1.807) is 68.8 Å². The normalized spacial score (nSPS) is 16.2. The maximum atomic E-state index is 13.7. The van der Waals surface area contributed by atoms with Gasteiger partial charge in [-0.1, -0.05) is 37.2 Å². The number of ether oxygens (including phenoxy) is 4. The summed E-state index contributed by atoms with van der Waals surface area (Å²) in [6, 6.07) is 16.3. The molecule has 1 fully saturated rings. The van der Waals surface area contributed by atoms with Gasteiger partial charge in [0, 0.05) is 5.56 Å². The third-order valence-corrected chi connectivity index (χ3v) is 8.12. The molecule has 1 atom stereocenters. The number of Topliss-reactive ketones (excluding diaryl/α,β-unsaturated/α-hetero) is 1. The number of hydrogen-bond acceptors (Lipinski definition) is 9. The number of rotatable bonds is 11. The largest absolute Gasteiger partial charge is 0.507 e. The molecule has 1 aliphatic heterocycles. The van der Waals surface area contributed by atoms with Gasteiger partial charge in [0.1, 0.15) is 17.3 Å². The van der Waals surface area contributed by atoms with Gasteiger partial charge < -0.3 is 24.1 Å². The van der Waals surface area contributed by atoms with Gasteiger partial charge in [-0.2, -0.15) is 0 Å². The minimum atomic E-state index is -0.974. The van der Waals surface area contributed by atoms with Crippen LogP contribution in [0.15, 0.2) is 66.2 Å². The van der Waals surface area contributed by atoms with Gasteiger partial charge in [0.25, 0.3) is 5.78 Å². The number of anilines is 1. The van der Waals surface area contributed by atoms with E-state index in [4.69, 9.17) is 18.9 Å². The highest BCUT2D eigenvalue weighted by atomic mass is 32.1. The molecule has 1 unspecified atom stereocenters. The molecule has 218 valence electrons. The third-order valence-electron chi connectivity index (χ3n) is 7.11. The molecule has 2 heterocycles. The van der Waals surface area contributed by atoms with Gasteiger partial charge >= 0.3 is 5.91 Å². The van der Waals surface area contributed by atoms with Crippen molar-refractivity contribution in [3.05, 3.63) is 77.4 Å². The number of methoxy groups -OCH3 is 3. The van der Waals surface area contributed by atoms with Crippen LogP contribution >= 0.6 is 11.3 Å². The summed E-state index contributed by atoms with van der Waals surface area (Å²) in [7, 11) is 4.65. The van der Waals surface area contributed by atoms with E-state index in [0.29, 0.717) is 51.4 Å². The molecule has 10 heteroatoms. The van der Waals surface area contributed by atoms with Crippen LogP contribution in [0.2, 0.25) is 0 Å². The molecule has 0 radical (unpaired) electrons. The maximum Gasteiger partial charge on any atom is 0.301 e. The first-order valence-corrected chi connectivity index (χ1v) is 14.4. The predicted octanol–water partition coefficient (Wildman–Crippen LogP) is 6.52. The second-order valence-electron chi connectivity index (χ2n) is 9.69. The number of carbonyl (C=O) groups is 2. The molecule has 1 amide bonds. The predicted molar refractivity (Wildman–Crippen MR) is 162 cm³/mol. The number of thiazole rings is 1. The average molecular weight is 589 g/mol. The fourth-order valence-electron chi connectivity index (χ4n) is 4.88. The fraction of sp³-hybridized carbons (Fsp3) is 0.281. The van der Waals surface area contributed by atoms with Crippen LogP contribution in [0, 0.1) is 0 Å². The summed E-state index contributed by atoms with van der Waals surface area (Å²) in [6.45, 7) is 2.66. The van der Waals surface area contributed by atoms with E-state index in [2.05, 4.69) is 11.9 Å². The highest BCUT2D eigenvalue weighted by Gasteiger charge is 2.48. The van der Waals surface area contributed by atoms with Gasteiger partial charge in [0.05, 0.1) is 49.8 Å². The standard InChI is InChI=1S/C32H32N2O7S/c1-5-6-7-16-41-24-15-10-20(17-25(24)40-4)28-27(29(35)19-8-11-21(38-2)12-9-19)30(36)31(37)34(28)32-33-23-14-13-22(39-3)18-26(23)42-32/h8-15,17-18,28,35H,5-7,16H2,1-4H3/b29-27+. The maximum absolute atomic E-state index is 13.7. The zero-order valence-corrected chi connectivity index (χ0v) is 24.7. The summed E-state index contributed by atoms with van der Waals surface area (Å²) in [5.41, 5.74) is 1.52. The molecular weight excluding hydrogens is 556 g/mol. The number of nitrogens with zero attached hydrogens (tertiary/aromatic N) is 2. The number of ketones is 1. The van der Waals surface area contributed by atoms with Crippen LogP contribution in [0.1, 0.15) is 43.4 Å². The van der Waals surface area contributed by atoms with Crippen molar-refractivity contribution in [2.75, 3.05) is 32.8 Å². The molecule has 4 aromatic rings. The van der Waals surface area contributed by atoms with Crippen LogP contribution < -0.4 is 23.8 Å². The van der Waals surface area contributed by atoms with Crippen molar-refractivity contribution in [2.45, 2.75) is 32.2 Å². The highest BCUT2D eigenvalue weighted by Crippen LogP contribution is 2.46. The lowest BCUT2D eigenvalue weighted by molar-refractivity contribution is -0.132. The quantitative estimate of drug-likeness (QED) is 0.0914. The van der Waals surface area contributed by atoms with Crippen LogP contribution in [-0.2, 0) is 9.59 Å². The van der Waals surface area contributed by atoms with Crippen LogP contribution in [0.4, 0.5) is 5.13 Å². The summed E-state index contributed by atoms with van der Waals surface area (Å²) in [4.78, 5) is 33.3. The summed E-state index contributed by atoms with van der Waals surface area (Å²) in [5.74, 6) is 0.335. The van der Waals surface area contributed by atoms with E-state index >= 15 is 0 Å². The van der Waals surface area contributed by atoms with Gasteiger partial charge in [-0.05, 0) is 66.6 Å². The van der Waals surface area contributed by atoms with E-state index in [-0.39, 0.29) is 11.3 Å². The number of benzene rings is 3. The first kappa shape index (κ1) is 28.9. The Labute approximate surface area is 247 Å². The number of amides is 1. The Morgan fingerprint density at radius 3 is 2.33 bits per heavy atom. The fourth-order valence-corrected chi connectivity index (χ4v) is 5.90. The number of aromatic nitrogens is 1. The highest BCUT2D eigenvalue weighted by molar-refractivity contribution is 7.22. The molecule has 42 heavy (non-hydrogen) atoms. The van der Waals surface area contributed by atoms with Crippen LogP contribution in [0.3, 0.4) is 0 Å². The SMILES string of the molecule is CCCCCOc1ccc(C2/C(=C(\O)c3ccc(OC)cc3)C(=O)C(=O)N2c2nc3ccc(OC)cc3s2)cc1OC. The molecule has 1 aliphatic rings. The summed E-state index contributed by atoms with van der Waals surface area (Å²) in [6.07, 6.45) is 3.03. The second-order valence-corrected chi connectivity index (χ2v) is 10.7. The second kappa shape index (κ2) is 12.5. The molecule has 1 saturated heterocycles. The van der Waals surface area contributed by atoms with E-state index in [0.717, 1.165) is 24.0 Å². The van der Waals surface area contributed by atoms with Crippen molar-refractivity contribution in [3.8, 4) is 23.0 Å². The molecule has 1 N–H and O–H groups in total. The molecular formula is C32H32N2O7S. The number of fused-ring (bicyclic) bond motifs is 1. The Kier molecular flexibility index (Phi) is 8.63. The number of carbonyl (C=O) groups excluding carboxylic acids is 2. The number of aliphatic hydroxyl groups is 1. The van der Waals surface area contributed by atoms with Crippen molar-refractivity contribution in [1.29, 1.82) is 0 Å². The van der Waals surface area contributed by atoms with Crippen molar-refractivity contribution >= 4 is 44.1 Å². The van der Waals surface area contributed by atoms with Gasteiger partial charge in [-0.3, -0.25) is 14.5 Å². The van der Waals surface area contributed by atoms with Crippen LogP contribution in [0.5, 0.6) is 23.0 Å². The average Bonchev–Trinajstić information content (AvgIpc) is 3.56. The summed E-state index contributed by atoms with van der Waals surface area (Å²) < 4.78 is 23.0. The van der Waals surface area contributed by atoms with E-state index < -0.39 is 17.7 Å². The van der Waals surface area contributed by atoms with Crippen molar-refractivity contribution in [2.24, 2.45) is 0 Å². The number of unbranched alkanes of at least 4 members (excludes halogenated alkanes) is 2. The smallest absolute Gasteiger partial charge is 0.301 e. The molecule has 3 aromatic carbocycles. The Morgan fingerprint density at radius 1 is 0.905 bits per heavy atom. The monoisotopic (exact) mass is 588 g/mol. The van der Waals surface area contributed by atoms with Gasteiger partial charge in [0.15, 0.2) is 16.6 Å². The number of aliphatic hydroxyl groups excluding tert-OH is 1. The molecule has 0 aliphatic carbocycles. The van der Waals surface area contributed by atoms with Crippen molar-refractivity contribution in [1.82, 2.24) is 4.98 Å². The molecule has 0 spiro atoms. The zero-order valence-electron chi connectivity index (χ0n) is 23.9. The van der Waals surface area contributed by atoms with E-state index in [1.165, 1.54) is 23.3 Å². The van der Waals surface area contributed by atoms with Gasteiger partial charge in [0.2, 0.25) is 0 Å². The summed E-state index contributed by atoms with van der Waals surface area (Å²) >= 11 is 1.26. The van der Waals surface area contributed by atoms with Crippen molar-refractivity contribution in [3.63, 3.8) is 0 Å². The Balaban J connectivity index is 1.65. The Bertz CT molecular complexity index is 1640. The first-order chi connectivity index (χ1) is 20.4. The third kappa shape index (κ3) is 5.49. The zero-order chi connectivity index (χ0) is 29.8. The van der Waals surface area contributed by atoms with Crippen LogP contribution in [0.25, 0.3) is 16.0 Å². The minimum absolute atomic E-state index is 0.0549. The first-order valence-electron chi connectivity index (χ1n) is 13.6. The molecule has 0 saturated carbocycles. The van der Waals surface area contributed by atoms with Crippen molar-refractivity contribution < 1.29 is 33.6 Å². The summed E-state index contributed by atoms with van der Waals surface area (Å²) in [5, 5.41) is 11.8. The van der Waals surface area contributed by atoms with E-state index in [9.17, 15) is 14.7 Å². The lowest BCUT2D eigenvalue weighted by atomic mass is 9.95. The molecule has 1 aromatic heterocycles. The number of hydrogen-bond donors (Lipinski definition) is 1. The molecule has 5 rings (SSSR count). The molecule has 0 bridgehead atoms. The Morgan fingerprint density at radius 2 is 1.64 bits per heavy atom. The lowest BCUT2D eigenvalue weighted by Gasteiger charge is -2.24. The minimum Gasteiger partial charge on any atom is -0.507 e. The molecule has 9 nitrogen and oxygen atoms in total. The van der Waals surface area contributed by atoms with Gasteiger partial charge in [-0.25, -0.2) is 4.98 Å². The van der Waals surface area contributed by atoms with Crippen LogP contribution in [-0.4, -0.2) is 49.7 Å². The Hall–Kier alpha value is -4.57. The van der Waals surface area contributed by atoms with Gasteiger partial charge in [-0.15, -0.1) is 0 Å². The van der Waals surface area contributed by atoms with E-state index in [1.807, 2.05) is 6.07 Å². The topological polar surface area (TPSA) is 107 Å². The lowest BCUT2D eigenvalue weighted by Crippen LogP contribution is -2.29.